The van der Waals surface area contributed by atoms with Crippen LogP contribution in [0.25, 0.3) is 10.6 Å². The van der Waals surface area contributed by atoms with Gasteiger partial charge in [0.2, 0.25) is 0 Å². The third kappa shape index (κ3) is 3.86. The Morgan fingerprint density at radius 1 is 1.28 bits per heavy atom. The van der Waals surface area contributed by atoms with Crippen LogP contribution >= 0.6 is 22.9 Å². The van der Waals surface area contributed by atoms with E-state index in [1.165, 1.54) is 35.9 Å². The van der Waals surface area contributed by atoms with E-state index in [0.29, 0.717) is 10.6 Å². The largest absolute Gasteiger partial charge is 0.345 e. The summed E-state index contributed by atoms with van der Waals surface area (Å²) in [4.78, 5) is 21.7. The van der Waals surface area contributed by atoms with Gasteiger partial charge in [-0.2, -0.15) is 0 Å². The number of thiazole rings is 1. The van der Waals surface area contributed by atoms with Crippen LogP contribution in [0.2, 0.25) is 5.02 Å². The number of benzene rings is 1. The lowest BCUT2D eigenvalue weighted by Gasteiger charge is -2.13. The van der Waals surface area contributed by atoms with Crippen LogP contribution in [0, 0.1) is 12.7 Å². The van der Waals surface area contributed by atoms with E-state index in [1.807, 2.05) is 13.8 Å². The van der Waals surface area contributed by atoms with Crippen LogP contribution in [0.15, 0.2) is 42.7 Å². The van der Waals surface area contributed by atoms with E-state index in [0.717, 1.165) is 21.1 Å². The van der Waals surface area contributed by atoms with Crippen molar-refractivity contribution in [2.45, 2.75) is 19.9 Å². The summed E-state index contributed by atoms with van der Waals surface area (Å²) in [6.07, 6.45) is 2.96. The van der Waals surface area contributed by atoms with Crippen molar-refractivity contribution in [3.05, 3.63) is 69.7 Å². The van der Waals surface area contributed by atoms with Crippen LogP contribution in [0.5, 0.6) is 0 Å². The van der Waals surface area contributed by atoms with Crippen LogP contribution in [-0.4, -0.2) is 15.9 Å². The Kier molecular flexibility index (Phi) is 5.11. The molecule has 128 valence electrons. The second-order valence-electron chi connectivity index (χ2n) is 5.53. The van der Waals surface area contributed by atoms with E-state index >= 15 is 0 Å². The molecule has 0 radical (unpaired) electrons. The molecule has 25 heavy (non-hydrogen) atoms. The van der Waals surface area contributed by atoms with E-state index in [2.05, 4.69) is 15.3 Å². The van der Waals surface area contributed by atoms with Crippen molar-refractivity contribution in [3.8, 4) is 10.6 Å². The average Bonchev–Trinajstić information content (AvgIpc) is 2.97. The highest BCUT2D eigenvalue weighted by Gasteiger charge is 2.19. The lowest BCUT2D eigenvalue weighted by atomic mass is 10.2. The van der Waals surface area contributed by atoms with Crippen molar-refractivity contribution in [1.29, 1.82) is 0 Å². The number of pyridine rings is 1. The molecule has 1 atom stereocenters. The van der Waals surface area contributed by atoms with Gasteiger partial charge in [-0.25, -0.2) is 9.37 Å². The van der Waals surface area contributed by atoms with Crippen molar-refractivity contribution in [2.75, 3.05) is 0 Å². The SMILES string of the molecule is Cc1nc(-c2ccc(F)cc2)sc1[C@H](C)NC(=O)c1ccncc1Cl. The molecule has 4 nitrogen and oxygen atoms in total. The number of carbonyl (C=O) groups excluding carboxylic acids is 1. The molecule has 0 unspecified atom stereocenters. The van der Waals surface area contributed by atoms with Crippen LogP contribution in [0.1, 0.15) is 33.9 Å². The van der Waals surface area contributed by atoms with Gasteiger partial charge in [0.15, 0.2) is 0 Å². The normalized spacial score (nSPS) is 12.0. The number of amides is 1. The number of rotatable bonds is 4. The fourth-order valence-corrected chi connectivity index (χ4v) is 3.70. The molecule has 0 bridgehead atoms. The van der Waals surface area contributed by atoms with Crippen LogP contribution in [0.3, 0.4) is 0 Å². The molecule has 0 saturated carbocycles. The number of nitrogens with zero attached hydrogens (tertiary/aromatic N) is 2. The first-order chi connectivity index (χ1) is 12.0. The number of aryl methyl sites for hydroxylation is 1. The van der Waals surface area contributed by atoms with E-state index < -0.39 is 0 Å². The standard InChI is InChI=1S/C18H15ClFN3OS/c1-10(22-17(24)14-7-8-21-9-15(14)19)16-11(2)23-18(25-16)12-3-5-13(20)6-4-12/h3-10H,1-2H3,(H,22,24)/t10-/m0/s1. The third-order valence-corrected chi connectivity index (χ3v) is 5.37. The zero-order valence-corrected chi connectivity index (χ0v) is 15.2. The van der Waals surface area contributed by atoms with Crippen molar-refractivity contribution in [2.24, 2.45) is 0 Å². The fourth-order valence-electron chi connectivity index (χ4n) is 2.43. The second-order valence-corrected chi connectivity index (χ2v) is 6.96. The Hall–Kier alpha value is -2.31. The molecule has 1 N–H and O–H groups in total. The molecule has 0 aliphatic heterocycles. The van der Waals surface area contributed by atoms with Crippen LogP contribution < -0.4 is 5.32 Å². The Morgan fingerprint density at radius 2 is 2.00 bits per heavy atom. The van der Waals surface area contributed by atoms with Crippen LogP contribution in [0.4, 0.5) is 4.39 Å². The van der Waals surface area contributed by atoms with Crippen molar-refractivity contribution < 1.29 is 9.18 Å². The Labute approximate surface area is 153 Å². The predicted molar refractivity (Wildman–Crippen MR) is 97.4 cm³/mol. The number of hydrogen-bond acceptors (Lipinski definition) is 4. The molecule has 7 heteroatoms. The van der Waals surface area contributed by atoms with Gasteiger partial charge in [0, 0.05) is 18.0 Å². The minimum atomic E-state index is -0.285. The molecular weight excluding hydrogens is 361 g/mol. The molecule has 2 heterocycles. The van der Waals surface area contributed by atoms with Gasteiger partial charge >= 0.3 is 0 Å². The molecule has 0 aliphatic carbocycles. The molecule has 0 aliphatic rings. The molecule has 1 amide bonds. The first kappa shape index (κ1) is 17.5. The molecule has 1 aromatic carbocycles. The van der Waals surface area contributed by atoms with E-state index in [-0.39, 0.29) is 17.8 Å². The third-order valence-electron chi connectivity index (χ3n) is 3.68. The highest BCUT2D eigenvalue weighted by atomic mass is 35.5. The van der Waals surface area contributed by atoms with E-state index in [4.69, 9.17) is 11.6 Å². The summed E-state index contributed by atoms with van der Waals surface area (Å²) in [7, 11) is 0. The Morgan fingerprint density at radius 3 is 2.68 bits per heavy atom. The number of hydrogen-bond donors (Lipinski definition) is 1. The van der Waals surface area contributed by atoms with Gasteiger partial charge in [-0.3, -0.25) is 9.78 Å². The minimum absolute atomic E-state index is 0.233. The Bertz CT molecular complexity index is 911. The summed E-state index contributed by atoms with van der Waals surface area (Å²) < 4.78 is 13.1. The molecule has 0 spiro atoms. The van der Waals surface area contributed by atoms with Crippen molar-refractivity contribution in [1.82, 2.24) is 15.3 Å². The second kappa shape index (κ2) is 7.29. The molecule has 3 rings (SSSR count). The van der Waals surface area contributed by atoms with Gasteiger partial charge in [0.05, 0.1) is 27.2 Å². The fraction of sp³-hybridized carbons (Fsp3) is 0.167. The van der Waals surface area contributed by atoms with Gasteiger partial charge < -0.3 is 5.32 Å². The number of aromatic nitrogens is 2. The number of carbonyl (C=O) groups is 1. The molecule has 2 aromatic heterocycles. The monoisotopic (exact) mass is 375 g/mol. The maximum absolute atomic E-state index is 13.1. The maximum Gasteiger partial charge on any atom is 0.253 e. The van der Waals surface area contributed by atoms with Gasteiger partial charge in [0.1, 0.15) is 10.8 Å². The van der Waals surface area contributed by atoms with E-state index in [1.54, 1.807) is 18.2 Å². The lowest BCUT2D eigenvalue weighted by molar-refractivity contribution is 0.0940. The Balaban J connectivity index is 1.81. The van der Waals surface area contributed by atoms with Crippen molar-refractivity contribution >= 4 is 28.8 Å². The zero-order valence-electron chi connectivity index (χ0n) is 13.6. The number of nitrogens with one attached hydrogen (secondary N) is 1. The first-order valence-corrected chi connectivity index (χ1v) is 8.79. The van der Waals surface area contributed by atoms with Crippen molar-refractivity contribution in [3.63, 3.8) is 0 Å². The lowest BCUT2D eigenvalue weighted by Crippen LogP contribution is -2.26. The first-order valence-electron chi connectivity index (χ1n) is 7.59. The van der Waals surface area contributed by atoms with E-state index in [9.17, 15) is 9.18 Å². The number of halogens is 2. The predicted octanol–water partition coefficient (Wildman–Crippen LogP) is 4.80. The summed E-state index contributed by atoms with van der Waals surface area (Å²) in [5.41, 5.74) is 2.05. The molecule has 0 fully saturated rings. The summed E-state index contributed by atoms with van der Waals surface area (Å²) in [5, 5.41) is 4.02. The maximum atomic E-state index is 13.1. The molecule has 0 saturated heterocycles. The quantitative estimate of drug-likeness (QED) is 0.712. The highest BCUT2D eigenvalue weighted by Crippen LogP contribution is 2.32. The average molecular weight is 376 g/mol. The summed E-state index contributed by atoms with van der Waals surface area (Å²) in [6, 6.07) is 7.54. The highest BCUT2D eigenvalue weighted by molar-refractivity contribution is 7.15. The van der Waals surface area contributed by atoms with Gasteiger partial charge in [-0.15, -0.1) is 11.3 Å². The minimum Gasteiger partial charge on any atom is -0.345 e. The summed E-state index contributed by atoms with van der Waals surface area (Å²) in [6.45, 7) is 3.78. The zero-order chi connectivity index (χ0) is 18.0. The molecule has 3 aromatic rings. The van der Waals surface area contributed by atoms with Gasteiger partial charge in [-0.05, 0) is 44.2 Å². The molecular formula is C18H15ClFN3OS. The van der Waals surface area contributed by atoms with Crippen LogP contribution in [-0.2, 0) is 0 Å². The smallest absolute Gasteiger partial charge is 0.253 e. The topological polar surface area (TPSA) is 54.9 Å². The summed E-state index contributed by atoms with van der Waals surface area (Å²) in [5.74, 6) is -0.553. The summed E-state index contributed by atoms with van der Waals surface area (Å²) >= 11 is 7.49. The van der Waals surface area contributed by atoms with Gasteiger partial charge in [-0.1, -0.05) is 11.6 Å². The van der Waals surface area contributed by atoms with Gasteiger partial charge in [0.25, 0.3) is 5.91 Å².